The van der Waals surface area contributed by atoms with E-state index in [0.29, 0.717) is 50.4 Å². The van der Waals surface area contributed by atoms with Gasteiger partial charge >= 0.3 is 6.18 Å². The SMILES string of the molecule is CC1(O)CN(c2nc3nc([C@H](Cc4cc(F)cc(F)c4)NC(=O)Cn4nc(C(F)(F)F)c5c4C(F)(F)[C@@H]4CC54)c(-c4ccc5c(c4)C(=O)NC54CC4)cc3s2)C1. The van der Waals surface area contributed by atoms with Crippen LogP contribution in [0.4, 0.5) is 35.9 Å². The summed E-state index contributed by atoms with van der Waals surface area (Å²) in [6, 6.07) is 8.59. The predicted octanol–water partition coefficient (Wildman–Crippen LogP) is 6.46. The van der Waals surface area contributed by atoms with Crippen molar-refractivity contribution in [3.05, 3.63) is 93.4 Å². The molecule has 290 valence electrons. The number of alkyl halides is 5. The number of nitrogens with zero attached hydrogens (tertiary/aromatic N) is 5. The number of thiazole rings is 1. The Kier molecular flexibility index (Phi) is 7.25. The number of carbonyl (C=O) groups is 2. The molecule has 3 aromatic heterocycles. The van der Waals surface area contributed by atoms with Gasteiger partial charge in [-0.25, -0.2) is 13.8 Å². The summed E-state index contributed by atoms with van der Waals surface area (Å²) in [5, 5.41) is 20.1. The first kappa shape index (κ1) is 35.3. The van der Waals surface area contributed by atoms with Gasteiger partial charge < -0.3 is 20.6 Å². The molecular weight excluding hydrogens is 768 g/mol. The van der Waals surface area contributed by atoms with Crippen LogP contribution in [0.25, 0.3) is 21.5 Å². The van der Waals surface area contributed by atoms with Crippen LogP contribution in [-0.2, 0) is 35.4 Å². The Morgan fingerprint density at radius 3 is 2.48 bits per heavy atom. The van der Waals surface area contributed by atoms with E-state index in [-0.39, 0.29) is 35.7 Å². The molecule has 10 rings (SSSR count). The molecule has 1 spiro atoms. The lowest BCUT2D eigenvalue weighted by atomic mass is 9.92. The topological polar surface area (TPSA) is 125 Å². The monoisotopic (exact) mass is 797 g/mol. The largest absolute Gasteiger partial charge is 0.435 e. The summed E-state index contributed by atoms with van der Waals surface area (Å²) in [5.41, 5.74) is -1.70. The number of nitrogens with one attached hydrogen (secondary N) is 2. The van der Waals surface area contributed by atoms with Crippen LogP contribution in [0.1, 0.15) is 82.3 Å². The van der Waals surface area contributed by atoms with E-state index < -0.39 is 82.2 Å². The van der Waals surface area contributed by atoms with Crippen molar-refractivity contribution in [1.29, 1.82) is 0 Å². The molecule has 5 heterocycles. The highest BCUT2D eigenvalue weighted by Gasteiger charge is 2.68. The van der Waals surface area contributed by atoms with Crippen LogP contribution in [0.2, 0.25) is 0 Å². The number of benzene rings is 2. The number of anilines is 1. The van der Waals surface area contributed by atoms with E-state index in [9.17, 15) is 36.6 Å². The van der Waals surface area contributed by atoms with Crippen molar-refractivity contribution in [3.63, 3.8) is 0 Å². The number of fused-ring (bicyclic) bond motifs is 6. The van der Waals surface area contributed by atoms with Gasteiger partial charge in [-0.05, 0) is 79.5 Å². The highest BCUT2D eigenvalue weighted by atomic mass is 32.1. The first-order valence-electron chi connectivity index (χ1n) is 18.0. The Bertz CT molecular complexity index is 2520. The van der Waals surface area contributed by atoms with Crippen LogP contribution in [0.3, 0.4) is 0 Å². The van der Waals surface area contributed by atoms with Crippen molar-refractivity contribution in [2.45, 2.75) is 74.4 Å². The van der Waals surface area contributed by atoms with Gasteiger partial charge in [0.05, 0.1) is 40.7 Å². The fourth-order valence-electron chi connectivity index (χ4n) is 8.75. The number of hydrogen-bond donors (Lipinski definition) is 3. The average Bonchev–Trinajstić information content (AvgIpc) is 3.93. The van der Waals surface area contributed by atoms with Crippen molar-refractivity contribution in [2.75, 3.05) is 18.0 Å². The van der Waals surface area contributed by atoms with E-state index in [1.165, 1.54) is 11.3 Å². The van der Waals surface area contributed by atoms with Gasteiger partial charge in [-0.1, -0.05) is 23.5 Å². The van der Waals surface area contributed by atoms with Crippen molar-refractivity contribution in [2.24, 2.45) is 5.92 Å². The van der Waals surface area contributed by atoms with E-state index in [0.717, 1.165) is 30.5 Å². The molecule has 2 amide bonds. The number of carbonyl (C=O) groups excluding carboxylic acids is 2. The van der Waals surface area contributed by atoms with E-state index in [2.05, 4.69) is 20.7 Å². The van der Waals surface area contributed by atoms with E-state index in [1.807, 2.05) is 11.0 Å². The predicted molar refractivity (Wildman–Crippen MR) is 187 cm³/mol. The second kappa shape index (κ2) is 11.5. The maximum atomic E-state index is 15.4. The molecule has 3 fully saturated rings. The summed E-state index contributed by atoms with van der Waals surface area (Å²) in [7, 11) is 0. The minimum atomic E-state index is -5.04. The minimum absolute atomic E-state index is 0.0809. The van der Waals surface area contributed by atoms with Gasteiger partial charge in [0.15, 0.2) is 16.5 Å². The van der Waals surface area contributed by atoms with Gasteiger partial charge in [0.25, 0.3) is 11.8 Å². The molecule has 3 aliphatic carbocycles. The molecule has 1 unspecified atom stereocenters. The van der Waals surface area contributed by atoms with Crippen LogP contribution in [0.15, 0.2) is 42.5 Å². The highest BCUT2D eigenvalue weighted by molar-refractivity contribution is 7.22. The lowest BCUT2D eigenvalue weighted by Gasteiger charge is -2.43. The summed E-state index contributed by atoms with van der Waals surface area (Å²) < 4.78 is 103. The van der Waals surface area contributed by atoms with Crippen LogP contribution in [0, 0.1) is 17.6 Å². The number of amides is 2. The lowest BCUT2D eigenvalue weighted by molar-refractivity contribution is -0.142. The molecule has 0 bridgehead atoms. The van der Waals surface area contributed by atoms with Crippen LogP contribution >= 0.6 is 11.3 Å². The highest BCUT2D eigenvalue weighted by Crippen LogP contribution is 2.68. The maximum absolute atomic E-state index is 15.4. The Labute approximate surface area is 316 Å². The van der Waals surface area contributed by atoms with E-state index in [1.54, 1.807) is 25.1 Å². The minimum Gasteiger partial charge on any atom is -0.386 e. The molecule has 2 saturated carbocycles. The molecular formula is C38H30F7N7O3S. The zero-order chi connectivity index (χ0) is 39.3. The number of hydrogen-bond acceptors (Lipinski definition) is 8. The third-order valence-corrected chi connectivity index (χ3v) is 12.5. The Morgan fingerprint density at radius 2 is 1.80 bits per heavy atom. The van der Waals surface area contributed by atoms with Gasteiger partial charge in [0.2, 0.25) is 5.91 Å². The first-order valence-corrected chi connectivity index (χ1v) is 18.8. The van der Waals surface area contributed by atoms with Crippen molar-refractivity contribution < 1.29 is 45.4 Å². The third kappa shape index (κ3) is 5.57. The zero-order valence-corrected chi connectivity index (χ0v) is 30.1. The summed E-state index contributed by atoms with van der Waals surface area (Å²) in [6.07, 6.45) is -3.89. The van der Waals surface area contributed by atoms with Crippen molar-refractivity contribution >= 4 is 38.6 Å². The van der Waals surface area contributed by atoms with Crippen LogP contribution in [0.5, 0.6) is 0 Å². The second-order valence-electron chi connectivity index (χ2n) is 15.8. The quantitative estimate of drug-likeness (QED) is 0.154. The van der Waals surface area contributed by atoms with Crippen LogP contribution < -0.4 is 15.5 Å². The standard InChI is InChI=1S/C38H30F7N7O3S/c1-35(55)14-51(15-35)34-48-32-26(56-34)12-20(17-2-3-23-22(9-17)33(54)49-36(23)4-5-36)29(47-32)25(8-16-6-18(39)10-19(40)7-16)46-27(53)13-52-31-28(30(50-52)38(43,44)45)21-11-24(21)37(31,41)42/h2-3,6-7,9-10,12,21,24-25,55H,4-5,8,11,13-15H2,1H3,(H,46,53)(H,49,54)/t21?,24-,25+/m1/s1. The number of β-amino-alcohol motifs (C(OH)–C–C–N with tert-alkyl or cyclic N) is 1. The molecule has 10 nitrogen and oxygen atoms in total. The molecule has 5 aliphatic rings. The summed E-state index contributed by atoms with van der Waals surface area (Å²) in [6.45, 7) is 1.29. The molecule has 3 atom stereocenters. The number of rotatable bonds is 8. The summed E-state index contributed by atoms with van der Waals surface area (Å²) >= 11 is 1.29. The van der Waals surface area contributed by atoms with Crippen molar-refractivity contribution in [3.8, 4) is 11.1 Å². The van der Waals surface area contributed by atoms with Gasteiger partial charge in [0, 0.05) is 28.7 Å². The van der Waals surface area contributed by atoms with E-state index >= 15 is 8.78 Å². The number of halogens is 7. The molecule has 1 saturated heterocycles. The number of aromatic nitrogens is 4. The fraction of sp³-hybridized carbons (Fsp3) is 0.395. The molecule has 56 heavy (non-hydrogen) atoms. The fourth-order valence-corrected chi connectivity index (χ4v) is 9.69. The molecule has 2 aliphatic heterocycles. The molecule has 5 aromatic rings. The van der Waals surface area contributed by atoms with Crippen LogP contribution in [-0.4, -0.2) is 55.4 Å². The van der Waals surface area contributed by atoms with Gasteiger partial charge in [0.1, 0.15) is 23.9 Å². The Hall–Kier alpha value is -5.10. The molecule has 18 heteroatoms. The Balaban J connectivity index is 1.08. The number of pyridine rings is 1. The summed E-state index contributed by atoms with van der Waals surface area (Å²) in [4.78, 5) is 38.4. The lowest BCUT2D eigenvalue weighted by Crippen LogP contribution is -2.60. The third-order valence-electron chi connectivity index (χ3n) is 11.4. The van der Waals surface area contributed by atoms with Gasteiger partial charge in [-0.2, -0.15) is 32.0 Å². The van der Waals surface area contributed by atoms with Gasteiger partial charge in [-0.15, -0.1) is 0 Å². The Morgan fingerprint density at radius 1 is 1.07 bits per heavy atom. The first-order chi connectivity index (χ1) is 26.4. The number of aliphatic hydroxyl groups is 1. The maximum Gasteiger partial charge on any atom is 0.435 e. The van der Waals surface area contributed by atoms with Gasteiger partial charge in [-0.3, -0.25) is 14.3 Å². The molecule has 0 radical (unpaired) electrons. The normalized spacial score (nSPS) is 22.4. The smallest absolute Gasteiger partial charge is 0.386 e. The van der Waals surface area contributed by atoms with E-state index in [4.69, 9.17) is 4.98 Å². The molecule has 2 aromatic carbocycles. The van der Waals surface area contributed by atoms with Crippen molar-refractivity contribution in [1.82, 2.24) is 30.4 Å². The second-order valence-corrected chi connectivity index (χ2v) is 16.8. The average molecular weight is 798 g/mol. The summed E-state index contributed by atoms with van der Waals surface area (Å²) in [5.74, 6) is -9.06. The molecule has 3 N–H and O–H groups in total. The zero-order valence-electron chi connectivity index (χ0n) is 29.3.